The van der Waals surface area contributed by atoms with Crippen molar-refractivity contribution in [3.8, 4) is 11.3 Å². The van der Waals surface area contributed by atoms with Crippen LogP contribution in [-0.2, 0) is 11.8 Å². The number of esters is 1. The van der Waals surface area contributed by atoms with E-state index in [4.69, 9.17) is 16.3 Å². The molecule has 0 radical (unpaired) electrons. The van der Waals surface area contributed by atoms with E-state index in [1.54, 1.807) is 0 Å². The van der Waals surface area contributed by atoms with E-state index in [9.17, 15) is 4.79 Å². The molecule has 0 aliphatic rings. The minimum atomic E-state index is -0.491. The van der Waals surface area contributed by atoms with Gasteiger partial charge < -0.3 is 9.30 Å². The highest BCUT2D eigenvalue weighted by molar-refractivity contribution is 6.35. The molecule has 6 heteroatoms. The SMILES string of the molecule is COC(=O)c1cncnc1-c1c(Cl)n(C)c2ccccc12. The number of methoxy groups -OCH3 is 1. The predicted molar refractivity (Wildman–Crippen MR) is 80.3 cm³/mol. The van der Waals surface area contributed by atoms with Crippen LogP contribution in [0.4, 0.5) is 0 Å². The lowest BCUT2D eigenvalue weighted by atomic mass is 10.1. The van der Waals surface area contributed by atoms with E-state index in [-0.39, 0.29) is 0 Å². The number of halogens is 1. The number of aryl methyl sites for hydroxylation is 1. The van der Waals surface area contributed by atoms with Crippen LogP contribution in [0, 0.1) is 0 Å². The first kappa shape index (κ1) is 13.6. The van der Waals surface area contributed by atoms with Gasteiger partial charge in [-0.25, -0.2) is 14.8 Å². The Labute approximate surface area is 126 Å². The number of aromatic nitrogens is 3. The van der Waals surface area contributed by atoms with E-state index in [1.165, 1.54) is 19.6 Å². The number of fused-ring (bicyclic) bond motifs is 1. The second-order valence-corrected chi connectivity index (χ2v) is 4.88. The van der Waals surface area contributed by atoms with Gasteiger partial charge in [0.05, 0.1) is 12.8 Å². The van der Waals surface area contributed by atoms with Crippen molar-refractivity contribution in [2.45, 2.75) is 0 Å². The summed E-state index contributed by atoms with van der Waals surface area (Å²) in [5.41, 5.74) is 2.43. The number of hydrogen-bond donors (Lipinski definition) is 0. The molecule has 0 N–H and O–H groups in total. The zero-order valence-electron chi connectivity index (χ0n) is 11.5. The third kappa shape index (κ3) is 2.06. The Morgan fingerprint density at radius 3 is 2.86 bits per heavy atom. The van der Waals surface area contributed by atoms with Crippen LogP contribution in [0.25, 0.3) is 22.2 Å². The molecular weight excluding hydrogens is 290 g/mol. The fourth-order valence-corrected chi connectivity index (χ4v) is 2.66. The van der Waals surface area contributed by atoms with Crippen molar-refractivity contribution in [2.75, 3.05) is 7.11 Å². The number of benzene rings is 1. The van der Waals surface area contributed by atoms with Gasteiger partial charge in [0.25, 0.3) is 0 Å². The maximum Gasteiger partial charge on any atom is 0.341 e. The zero-order chi connectivity index (χ0) is 15.0. The van der Waals surface area contributed by atoms with E-state index in [0.29, 0.717) is 22.0 Å². The summed E-state index contributed by atoms with van der Waals surface area (Å²) >= 11 is 6.44. The molecule has 2 aromatic heterocycles. The highest BCUT2D eigenvalue weighted by Gasteiger charge is 2.22. The van der Waals surface area contributed by atoms with E-state index < -0.39 is 5.97 Å². The van der Waals surface area contributed by atoms with Crippen molar-refractivity contribution < 1.29 is 9.53 Å². The molecule has 0 aliphatic carbocycles. The number of rotatable bonds is 2. The summed E-state index contributed by atoms with van der Waals surface area (Å²) in [5.74, 6) is -0.491. The first-order chi connectivity index (χ1) is 10.1. The van der Waals surface area contributed by atoms with Crippen molar-refractivity contribution >= 4 is 28.5 Å². The summed E-state index contributed by atoms with van der Waals surface area (Å²) in [5, 5.41) is 1.44. The number of carbonyl (C=O) groups is 1. The molecule has 5 nitrogen and oxygen atoms in total. The normalized spacial score (nSPS) is 10.8. The van der Waals surface area contributed by atoms with Crippen LogP contribution in [-0.4, -0.2) is 27.6 Å². The summed E-state index contributed by atoms with van der Waals surface area (Å²) < 4.78 is 6.64. The molecule has 0 unspecified atom stereocenters. The maximum atomic E-state index is 11.9. The Balaban J connectivity index is 2.37. The summed E-state index contributed by atoms with van der Waals surface area (Å²) in [7, 11) is 3.19. The molecular formula is C15H12ClN3O2. The second-order valence-electron chi connectivity index (χ2n) is 4.52. The van der Waals surface area contributed by atoms with E-state index in [2.05, 4.69) is 9.97 Å². The Bertz CT molecular complexity index is 842. The van der Waals surface area contributed by atoms with Crippen LogP contribution in [0.15, 0.2) is 36.8 Å². The minimum Gasteiger partial charge on any atom is -0.465 e. The van der Waals surface area contributed by atoms with Gasteiger partial charge in [-0.05, 0) is 6.07 Å². The quantitative estimate of drug-likeness (QED) is 0.683. The molecule has 3 rings (SSSR count). The second kappa shape index (κ2) is 5.18. The fourth-order valence-electron chi connectivity index (χ4n) is 2.38. The Kier molecular flexibility index (Phi) is 3.35. The van der Waals surface area contributed by atoms with E-state index in [1.807, 2.05) is 35.9 Å². The zero-order valence-corrected chi connectivity index (χ0v) is 12.3. The first-order valence-electron chi connectivity index (χ1n) is 6.26. The van der Waals surface area contributed by atoms with Crippen LogP contribution < -0.4 is 0 Å². The smallest absolute Gasteiger partial charge is 0.341 e. The number of nitrogens with zero attached hydrogens (tertiary/aromatic N) is 3. The molecule has 0 saturated carbocycles. The molecule has 0 bridgehead atoms. The molecule has 0 amide bonds. The summed E-state index contributed by atoms with van der Waals surface area (Å²) in [6.07, 6.45) is 2.83. The number of hydrogen-bond acceptors (Lipinski definition) is 4. The Morgan fingerprint density at radius 1 is 1.33 bits per heavy atom. The summed E-state index contributed by atoms with van der Waals surface area (Å²) in [6.45, 7) is 0. The van der Waals surface area contributed by atoms with Crippen LogP contribution in [0.5, 0.6) is 0 Å². The predicted octanol–water partition coefficient (Wildman–Crippen LogP) is 3.08. The van der Waals surface area contributed by atoms with Crippen molar-refractivity contribution in [1.82, 2.24) is 14.5 Å². The van der Waals surface area contributed by atoms with Gasteiger partial charge >= 0.3 is 5.97 Å². The molecule has 21 heavy (non-hydrogen) atoms. The van der Waals surface area contributed by atoms with Crippen LogP contribution in [0.1, 0.15) is 10.4 Å². The van der Waals surface area contributed by atoms with E-state index >= 15 is 0 Å². The maximum absolute atomic E-state index is 11.9. The van der Waals surface area contributed by atoms with Gasteiger partial charge in [0.1, 0.15) is 17.0 Å². The van der Waals surface area contributed by atoms with Crippen LogP contribution >= 0.6 is 11.6 Å². The highest BCUT2D eigenvalue weighted by atomic mass is 35.5. The topological polar surface area (TPSA) is 57.0 Å². The minimum absolute atomic E-state index is 0.290. The molecule has 3 aromatic rings. The van der Waals surface area contributed by atoms with Crippen molar-refractivity contribution in [3.63, 3.8) is 0 Å². The van der Waals surface area contributed by atoms with Gasteiger partial charge in [-0.2, -0.15) is 0 Å². The molecule has 2 heterocycles. The van der Waals surface area contributed by atoms with Gasteiger partial charge in [-0.1, -0.05) is 29.8 Å². The number of carbonyl (C=O) groups excluding carboxylic acids is 1. The molecule has 106 valence electrons. The third-order valence-corrected chi connectivity index (χ3v) is 3.83. The highest BCUT2D eigenvalue weighted by Crippen LogP contribution is 2.37. The van der Waals surface area contributed by atoms with Crippen molar-refractivity contribution in [1.29, 1.82) is 0 Å². The van der Waals surface area contributed by atoms with Crippen molar-refractivity contribution in [2.24, 2.45) is 7.05 Å². The van der Waals surface area contributed by atoms with Gasteiger partial charge in [0.2, 0.25) is 0 Å². The average molecular weight is 302 g/mol. The van der Waals surface area contributed by atoms with Crippen LogP contribution in [0.2, 0.25) is 5.15 Å². The lowest BCUT2D eigenvalue weighted by Crippen LogP contribution is -2.05. The molecule has 0 spiro atoms. The third-order valence-electron chi connectivity index (χ3n) is 3.39. The number of ether oxygens (including phenoxy) is 1. The fraction of sp³-hybridized carbons (Fsp3) is 0.133. The van der Waals surface area contributed by atoms with Crippen LogP contribution in [0.3, 0.4) is 0 Å². The monoisotopic (exact) mass is 301 g/mol. The molecule has 0 atom stereocenters. The number of para-hydroxylation sites is 1. The molecule has 0 aliphatic heterocycles. The summed E-state index contributed by atoms with van der Waals surface area (Å²) in [6, 6.07) is 7.76. The van der Waals surface area contributed by atoms with Gasteiger partial charge in [-0.15, -0.1) is 0 Å². The first-order valence-corrected chi connectivity index (χ1v) is 6.64. The molecule has 0 fully saturated rings. The van der Waals surface area contributed by atoms with Gasteiger partial charge in [0, 0.05) is 29.7 Å². The molecule has 1 aromatic carbocycles. The average Bonchev–Trinajstić information content (AvgIpc) is 2.78. The van der Waals surface area contributed by atoms with E-state index in [0.717, 1.165) is 10.9 Å². The van der Waals surface area contributed by atoms with Gasteiger partial charge in [0.15, 0.2) is 0 Å². The summed E-state index contributed by atoms with van der Waals surface area (Å²) in [4.78, 5) is 20.0. The Morgan fingerprint density at radius 2 is 2.10 bits per heavy atom. The Hall–Kier alpha value is -2.40. The standard InChI is InChI=1S/C15H12ClN3O2/c1-19-11-6-4-3-5-9(11)12(14(19)16)13-10(15(20)21-2)7-17-8-18-13/h3-8H,1-2H3. The van der Waals surface area contributed by atoms with Crippen molar-refractivity contribution in [3.05, 3.63) is 47.5 Å². The van der Waals surface area contributed by atoms with Gasteiger partial charge in [-0.3, -0.25) is 0 Å². The lowest BCUT2D eigenvalue weighted by molar-refractivity contribution is 0.0600. The lowest BCUT2D eigenvalue weighted by Gasteiger charge is -2.06. The largest absolute Gasteiger partial charge is 0.465 e. The molecule has 0 saturated heterocycles.